The largest absolute Gasteiger partial charge is 0.508 e. The van der Waals surface area contributed by atoms with Gasteiger partial charge in [-0.2, -0.15) is 13.2 Å². The molecule has 0 saturated carbocycles. The Kier molecular flexibility index (Phi) is 5.19. The highest BCUT2D eigenvalue weighted by atomic mass is 19.4. The van der Waals surface area contributed by atoms with Crippen LogP contribution in [0.15, 0.2) is 35.6 Å². The second-order valence-electron chi connectivity index (χ2n) is 3.25. The summed E-state index contributed by atoms with van der Waals surface area (Å²) in [4.78, 5) is 0. The van der Waals surface area contributed by atoms with Crippen LogP contribution < -0.4 is 0 Å². The zero-order valence-corrected chi connectivity index (χ0v) is 8.86. The van der Waals surface area contributed by atoms with Gasteiger partial charge in [0.2, 0.25) is 0 Å². The average molecular weight is 220 g/mol. The van der Waals surface area contributed by atoms with Gasteiger partial charge in [0, 0.05) is 5.57 Å². The summed E-state index contributed by atoms with van der Waals surface area (Å²) in [5, 5.41) is 9.41. The monoisotopic (exact) mass is 220 g/mol. The summed E-state index contributed by atoms with van der Waals surface area (Å²) < 4.78 is 36.2. The van der Waals surface area contributed by atoms with E-state index in [9.17, 15) is 18.3 Å². The fourth-order valence-electron chi connectivity index (χ4n) is 0.911. The van der Waals surface area contributed by atoms with E-state index in [2.05, 4.69) is 6.58 Å². The van der Waals surface area contributed by atoms with Crippen molar-refractivity contribution in [2.45, 2.75) is 32.9 Å². The van der Waals surface area contributed by atoms with Gasteiger partial charge in [0.1, 0.15) is 5.76 Å². The lowest BCUT2D eigenvalue weighted by atomic mass is 10.1. The van der Waals surface area contributed by atoms with Crippen molar-refractivity contribution in [1.29, 1.82) is 0 Å². The zero-order valence-electron chi connectivity index (χ0n) is 8.86. The highest BCUT2D eigenvalue weighted by Crippen LogP contribution is 2.26. The summed E-state index contributed by atoms with van der Waals surface area (Å²) in [5.41, 5.74) is 0.615. The van der Waals surface area contributed by atoms with E-state index in [4.69, 9.17) is 0 Å². The van der Waals surface area contributed by atoms with E-state index in [1.807, 2.05) is 6.92 Å². The third kappa shape index (κ3) is 5.99. The lowest BCUT2D eigenvalue weighted by Gasteiger charge is -2.08. The molecule has 0 radical (unpaired) electrons. The number of rotatable bonds is 4. The van der Waals surface area contributed by atoms with Gasteiger partial charge >= 0.3 is 6.18 Å². The molecule has 0 fully saturated rings. The Bertz CT molecular complexity index is 285. The Morgan fingerprint density at radius 1 is 1.40 bits per heavy atom. The molecular weight excluding hydrogens is 205 g/mol. The Labute approximate surface area is 87.6 Å². The van der Waals surface area contributed by atoms with Gasteiger partial charge in [-0.15, -0.1) is 0 Å². The first kappa shape index (κ1) is 13.8. The van der Waals surface area contributed by atoms with Crippen LogP contribution >= 0.6 is 0 Å². The molecule has 15 heavy (non-hydrogen) atoms. The van der Waals surface area contributed by atoms with Crippen molar-refractivity contribution in [3.63, 3.8) is 0 Å². The topological polar surface area (TPSA) is 20.2 Å². The van der Waals surface area contributed by atoms with E-state index >= 15 is 0 Å². The van der Waals surface area contributed by atoms with Crippen LogP contribution in [0.1, 0.15) is 26.7 Å². The molecular formula is C11H15F3O. The summed E-state index contributed by atoms with van der Waals surface area (Å²) in [5.74, 6) is -0.360. The number of alkyl halides is 3. The highest BCUT2D eigenvalue weighted by molar-refractivity contribution is 5.29. The summed E-state index contributed by atoms with van der Waals surface area (Å²) >= 11 is 0. The van der Waals surface area contributed by atoms with Crippen LogP contribution in [0.5, 0.6) is 0 Å². The first-order chi connectivity index (χ1) is 6.80. The molecule has 0 aliphatic heterocycles. The average Bonchev–Trinajstić information content (AvgIpc) is 2.12. The molecule has 0 unspecified atom stereocenters. The molecule has 1 N–H and O–H groups in total. The molecule has 0 spiro atoms. The second kappa shape index (κ2) is 5.63. The SMILES string of the molecule is C=C/C(CC(F)(F)F)=C(O)\C=C(/C)CC. The van der Waals surface area contributed by atoms with Crippen LogP contribution in [-0.4, -0.2) is 11.3 Å². The molecule has 0 saturated heterocycles. The van der Waals surface area contributed by atoms with Gasteiger partial charge in [-0.25, -0.2) is 0 Å². The standard InChI is InChI=1S/C11H15F3O/c1-4-8(3)6-10(15)9(5-2)7-11(12,13)14/h5-6,15H,2,4,7H2,1,3H3/b8-6+,10-9-. The summed E-state index contributed by atoms with van der Waals surface area (Å²) in [6, 6.07) is 0. The lowest BCUT2D eigenvalue weighted by Crippen LogP contribution is -2.08. The maximum Gasteiger partial charge on any atom is 0.393 e. The van der Waals surface area contributed by atoms with Crippen molar-refractivity contribution in [2.75, 3.05) is 0 Å². The maximum absolute atomic E-state index is 12.1. The first-order valence-corrected chi connectivity index (χ1v) is 4.58. The molecule has 4 heteroatoms. The van der Waals surface area contributed by atoms with Crippen LogP contribution in [-0.2, 0) is 0 Å². The Morgan fingerprint density at radius 2 is 1.93 bits per heavy atom. The second-order valence-corrected chi connectivity index (χ2v) is 3.25. The number of allylic oxidation sites excluding steroid dienone is 4. The predicted octanol–water partition coefficient (Wildman–Crippen LogP) is 4.29. The summed E-state index contributed by atoms with van der Waals surface area (Å²) in [6.07, 6.45) is -2.44. The Hall–Kier alpha value is -1.19. The third-order valence-corrected chi connectivity index (χ3v) is 1.91. The zero-order chi connectivity index (χ0) is 12.1. The molecule has 0 heterocycles. The molecule has 0 aromatic rings. The van der Waals surface area contributed by atoms with Crippen LogP contribution in [0.3, 0.4) is 0 Å². The Balaban J connectivity index is 4.91. The minimum absolute atomic E-state index is 0.199. The molecule has 0 aliphatic rings. The van der Waals surface area contributed by atoms with Crippen molar-refractivity contribution in [2.24, 2.45) is 0 Å². The minimum atomic E-state index is -4.33. The van der Waals surface area contributed by atoms with Crippen molar-refractivity contribution in [1.82, 2.24) is 0 Å². The number of hydrogen-bond donors (Lipinski definition) is 1. The molecule has 1 nitrogen and oxygen atoms in total. The highest BCUT2D eigenvalue weighted by Gasteiger charge is 2.29. The maximum atomic E-state index is 12.1. The van der Waals surface area contributed by atoms with Gasteiger partial charge in [0.15, 0.2) is 0 Å². The van der Waals surface area contributed by atoms with Crippen molar-refractivity contribution >= 4 is 0 Å². The molecule has 86 valence electrons. The fourth-order valence-corrected chi connectivity index (χ4v) is 0.911. The summed E-state index contributed by atoms with van der Waals surface area (Å²) in [6.45, 7) is 6.85. The lowest BCUT2D eigenvalue weighted by molar-refractivity contribution is -0.126. The molecule has 0 rings (SSSR count). The van der Waals surface area contributed by atoms with Crippen molar-refractivity contribution in [3.05, 3.63) is 35.6 Å². The van der Waals surface area contributed by atoms with Crippen LogP contribution in [0.4, 0.5) is 13.2 Å². The van der Waals surface area contributed by atoms with Crippen molar-refractivity contribution in [3.8, 4) is 0 Å². The summed E-state index contributed by atoms with van der Waals surface area (Å²) in [7, 11) is 0. The van der Waals surface area contributed by atoms with Crippen LogP contribution in [0.25, 0.3) is 0 Å². The van der Waals surface area contributed by atoms with Gasteiger partial charge in [-0.05, 0) is 19.4 Å². The van der Waals surface area contributed by atoms with Gasteiger partial charge in [0.05, 0.1) is 6.42 Å². The van der Waals surface area contributed by atoms with E-state index in [0.29, 0.717) is 6.42 Å². The van der Waals surface area contributed by atoms with Crippen LogP contribution in [0.2, 0.25) is 0 Å². The van der Waals surface area contributed by atoms with E-state index < -0.39 is 12.6 Å². The van der Waals surface area contributed by atoms with Gasteiger partial charge in [0.25, 0.3) is 0 Å². The van der Waals surface area contributed by atoms with Gasteiger partial charge < -0.3 is 5.11 Å². The number of aliphatic hydroxyl groups is 1. The molecule has 0 atom stereocenters. The van der Waals surface area contributed by atoms with E-state index in [1.54, 1.807) is 6.92 Å². The molecule has 0 amide bonds. The fraction of sp³-hybridized carbons (Fsp3) is 0.455. The molecule has 0 bridgehead atoms. The van der Waals surface area contributed by atoms with Crippen LogP contribution in [0, 0.1) is 0 Å². The smallest absolute Gasteiger partial charge is 0.393 e. The number of hydrogen-bond acceptors (Lipinski definition) is 1. The molecule has 0 aliphatic carbocycles. The van der Waals surface area contributed by atoms with E-state index in [0.717, 1.165) is 11.6 Å². The van der Waals surface area contributed by atoms with E-state index in [1.165, 1.54) is 6.08 Å². The normalized spacial score (nSPS) is 14.9. The quantitative estimate of drug-likeness (QED) is 0.553. The minimum Gasteiger partial charge on any atom is -0.508 e. The van der Waals surface area contributed by atoms with Crippen molar-refractivity contribution < 1.29 is 18.3 Å². The molecule has 0 aromatic carbocycles. The van der Waals surface area contributed by atoms with Gasteiger partial charge in [-0.3, -0.25) is 0 Å². The third-order valence-electron chi connectivity index (χ3n) is 1.91. The van der Waals surface area contributed by atoms with Gasteiger partial charge in [-0.1, -0.05) is 25.2 Å². The number of aliphatic hydroxyl groups excluding tert-OH is 1. The predicted molar refractivity (Wildman–Crippen MR) is 54.6 cm³/mol. The van der Waals surface area contributed by atoms with E-state index in [-0.39, 0.29) is 11.3 Å². The Morgan fingerprint density at radius 3 is 2.27 bits per heavy atom. The number of halogens is 3. The molecule has 0 aromatic heterocycles. The first-order valence-electron chi connectivity index (χ1n) is 4.58.